The van der Waals surface area contributed by atoms with Gasteiger partial charge in [-0.2, -0.15) is 0 Å². The minimum Gasteiger partial charge on any atom is -0.494 e. The Morgan fingerprint density at radius 2 is 1.57 bits per heavy atom. The third-order valence-electron chi connectivity index (χ3n) is 4.07. The van der Waals surface area contributed by atoms with E-state index in [0.717, 1.165) is 12.8 Å². The van der Waals surface area contributed by atoms with Gasteiger partial charge in [0.2, 0.25) is 0 Å². The summed E-state index contributed by atoms with van der Waals surface area (Å²) in [6.45, 7) is 5.68. The summed E-state index contributed by atoms with van der Waals surface area (Å²) in [4.78, 5) is 35.7. The third kappa shape index (κ3) is 6.23. The maximum atomic E-state index is 12.2. The molecule has 1 amide bonds. The van der Waals surface area contributed by atoms with E-state index >= 15 is 0 Å². The quantitative estimate of drug-likeness (QED) is 0.398. The number of benzene rings is 2. The van der Waals surface area contributed by atoms with Gasteiger partial charge >= 0.3 is 5.97 Å². The largest absolute Gasteiger partial charge is 0.494 e. The molecule has 148 valence electrons. The third-order valence-corrected chi connectivity index (χ3v) is 4.07. The van der Waals surface area contributed by atoms with Crippen molar-refractivity contribution in [2.75, 3.05) is 11.9 Å². The van der Waals surface area contributed by atoms with Gasteiger partial charge in [0.05, 0.1) is 12.2 Å². The van der Waals surface area contributed by atoms with Gasteiger partial charge in [-0.1, -0.05) is 13.3 Å². The first-order valence-electron chi connectivity index (χ1n) is 9.26. The topological polar surface area (TPSA) is 81.7 Å². The Hall–Kier alpha value is -3.15. The van der Waals surface area contributed by atoms with Gasteiger partial charge in [0.1, 0.15) is 5.75 Å². The highest BCUT2D eigenvalue weighted by Crippen LogP contribution is 2.15. The van der Waals surface area contributed by atoms with Crippen LogP contribution in [0.2, 0.25) is 0 Å². The van der Waals surface area contributed by atoms with E-state index in [0.29, 0.717) is 29.2 Å². The highest BCUT2D eigenvalue weighted by molar-refractivity contribution is 5.98. The zero-order chi connectivity index (χ0) is 20.5. The summed E-state index contributed by atoms with van der Waals surface area (Å²) in [6.07, 6.45) is 1.04. The average Bonchev–Trinajstić information content (AvgIpc) is 2.69. The monoisotopic (exact) mass is 383 g/mol. The lowest BCUT2D eigenvalue weighted by Gasteiger charge is -2.14. The van der Waals surface area contributed by atoms with Gasteiger partial charge in [0, 0.05) is 11.3 Å². The lowest BCUT2D eigenvalue weighted by Crippen LogP contribution is -2.30. The molecule has 6 heteroatoms. The lowest BCUT2D eigenvalue weighted by atomic mass is 10.1. The molecule has 1 atom stereocenters. The molecule has 1 N–H and O–H groups in total. The van der Waals surface area contributed by atoms with Crippen molar-refractivity contribution in [3.05, 3.63) is 59.7 Å². The summed E-state index contributed by atoms with van der Waals surface area (Å²) in [7, 11) is 0. The molecule has 0 aromatic heterocycles. The number of Topliss-reactive ketones (excluding diaryl/α,β-unsaturated/α-hetero) is 1. The molecule has 28 heavy (non-hydrogen) atoms. The van der Waals surface area contributed by atoms with Gasteiger partial charge in [0.15, 0.2) is 11.9 Å². The predicted octanol–water partition coefficient (Wildman–Crippen LogP) is 4.25. The number of ketones is 1. The maximum absolute atomic E-state index is 12.2. The highest BCUT2D eigenvalue weighted by Gasteiger charge is 2.19. The van der Waals surface area contributed by atoms with Crippen LogP contribution < -0.4 is 10.1 Å². The lowest BCUT2D eigenvalue weighted by molar-refractivity contribution is -0.123. The Morgan fingerprint density at radius 3 is 2.14 bits per heavy atom. The molecule has 0 aliphatic rings. The van der Waals surface area contributed by atoms with Crippen LogP contribution in [-0.2, 0) is 9.53 Å². The van der Waals surface area contributed by atoms with E-state index in [1.807, 2.05) is 0 Å². The number of amides is 1. The average molecular weight is 383 g/mol. The van der Waals surface area contributed by atoms with Crippen LogP contribution in [-0.4, -0.2) is 30.4 Å². The Kier molecular flexibility index (Phi) is 7.75. The number of unbranched alkanes of at least 4 members (excludes halogenated alkanes) is 1. The number of esters is 1. The van der Waals surface area contributed by atoms with Crippen molar-refractivity contribution >= 4 is 23.3 Å². The minimum absolute atomic E-state index is 0.0537. The van der Waals surface area contributed by atoms with Crippen LogP contribution in [0.1, 0.15) is 54.3 Å². The molecule has 0 fully saturated rings. The molecule has 0 radical (unpaired) electrons. The Bertz CT molecular complexity index is 812. The molecule has 0 aliphatic heterocycles. The molecular weight excluding hydrogens is 358 g/mol. The number of anilines is 1. The summed E-state index contributed by atoms with van der Waals surface area (Å²) < 4.78 is 10.8. The van der Waals surface area contributed by atoms with Crippen LogP contribution in [0.15, 0.2) is 48.5 Å². The van der Waals surface area contributed by atoms with Gasteiger partial charge in [-0.15, -0.1) is 0 Å². The van der Waals surface area contributed by atoms with E-state index in [9.17, 15) is 14.4 Å². The molecule has 2 rings (SSSR count). The first-order chi connectivity index (χ1) is 13.4. The van der Waals surface area contributed by atoms with E-state index < -0.39 is 18.0 Å². The van der Waals surface area contributed by atoms with Crippen LogP contribution in [0.5, 0.6) is 5.75 Å². The Morgan fingerprint density at radius 1 is 0.964 bits per heavy atom. The fourth-order valence-corrected chi connectivity index (χ4v) is 2.34. The predicted molar refractivity (Wildman–Crippen MR) is 107 cm³/mol. The number of nitrogens with one attached hydrogen (secondary N) is 1. The molecule has 0 aliphatic carbocycles. The molecule has 0 saturated heterocycles. The van der Waals surface area contributed by atoms with Crippen LogP contribution in [0.3, 0.4) is 0 Å². The number of hydrogen-bond acceptors (Lipinski definition) is 5. The fourth-order valence-electron chi connectivity index (χ4n) is 2.34. The first kappa shape index (κ1) is 21.2. The minimum atomic E-state index is -0.972. The van der Waals surface area contributed by atoms with E-state index in [1.54, 1.807) is 48.5 Å². The summed E-state index contributed by atoms with van der Waals surface area (Å²) >= 11 is 0. The smallest absolute Gasteiger partial charge is 0.338 e. The molecule has 0 unspecified atom stereocenters. The van der Waals surface area contributed by atoms with Crippen LogP contribution in [0.4, 0.5) is 5.69 Å². The summed E-state index contributed by atoms with van der Waals surface area (Å²) in [5, 5.41) is 2.65. The second-order valence-electron chi connectivity index (χ2n) is 6.40. The van der Waals surface area contributed by atoms with Crippen LogP contribution in [0.25, 0.3) is 0 Å². The van der Waals surface area contributed by atoms with Gasteiger partial charge in [-0.05, 0) is 68.8 Å². The molecule has 0 bridgehead atoms. The zero-order valence-electron chi connectivity index (χ0n) is 16.4. The molecule has 0 saturated carbocycles. The van der Waals surface area contributed by atoms with Gasteiger partial charge in [-0.25, -0.2) is 4.79 Å². The second-order valence-corrected chi connectivity index (χ2v) is 6.40. The number of carbonyl (C=O) groups is 3. The van der Waals surface area contributed by atoms with Gasteiger partial charge in [0.25, 0.3) is 5.91 Å². The van der Waals surface area contributed by atoms with Crippen molar-refractivity contribution in [3.8, 4) is 5.75 Å². The molecule has 0 spiro atoms. The normalized spacial score (nSPS) is 11.4. The highest BCUT2D eigenvalue weighted by atomic mass is 16.5. The summed E-state index contributed by atoms with van der Waals surface area (Å²) in [5.74, 6) is -0.412. The van der Waals surface area contributed by atoms with E-state index in [4.69, 9.17) is 9.47 Å². The van der Waals surface area contributed by atoms with Gasteiger partial charge in [-0.3, -0.25) is 9.59 Å². The van der Waals surface area contributed by atoms with Crippen LogP contribution in [0, 0.1) is 0 Å². The SMILES string of the molecule is CCCCOc1ccc(C(=O)O[C@H](C)C(=O)Nc2ccc(C(C)=O)cc2)cc1. The summed E-state index contributed by atoms with van der Waals surface area (Å²) in [6, 6.07) is 13.1. The Labute approximate surface area is 164 Å². The van der Waals surface area contributed by atoms with Crippen LogP contribution >= 0.6 is 0 Å². The molecule has 2 aromatic rings. The first-order valence-corrected chi connectivity index (χ1v) is 9.26. The molecule has 6 nitrogen and oxygen atoms in total. The molecular formula is C22H25NO5. The van der Waals surface area contributed by atoms with E-state index in [2.05, 4.69) is 12.2 Å². The van der Waals surface area contributed by atoms with Crippen molar-refractivity contribution in [1.82, 2.24) is 0 Å². The molecule has 0 heterocycles. The number of carbonyl (C=O) groups excluding carboxylic acids is 3. The Balaban J connectivity index is 1.88. The number of ether oxygens (including phenoxy) is 2. The second kappa shape index (κ2) is 10.3. The molecule has 2 aromatic carbocycles. The zero-order valence-corrected chi connectivity index (χ0v) is 16.4. The van der Waals surface area contributed by atoms with Crippen molar-refractivity contribution in [1.29, 1.82) is 0 Å². The van der Waals surface area contributed by atoms with E-state index in [1.165, 1.54) is 13.8 Å². The van der Waals surface area contributed by atoms with Crippen molar-refractivity contribution < 1.29 is 23.9 Å². The van der Waals surface area contributed by atoms with Gasteiger partial charge < -0.3 is 14.8 Å². The van der Waals surface area contributed by atoms with Crippen molar-refractivity contribution in [2.24, 2.45) is 0 Å². The van der Waals surface area contributed by atoms with Crippen molar-refractivity contribution in [2.45, 2.75) is 39.7 Å². The fraction of sp³-hybridized carbons (Fsp3) is 0.318. The van der Waals surface area contributed by atoms with Crippen molar-refractivity contribution in [3.63, 3.8) is 0 Å². The standard InChI is InChI=1S/C22H25NO5/c1-4-5-14-27-20-12-8-18(9-13-20)22(26)28-16(3)21(25)23-19-10-6-17(7-11-19)15(2)24/h6-13,16H,4-5,14H2,1-3H3,(H,23,25)/t16-/m1/s1. The number of rotatable bonds is 9. The van der Waals surface area contributed by atoms with E-state index in [-0.39, 0.29) is 5.78 Å². The summed E-state index contributed by atoms with van der Waals surface area (Å²) in [5.41, 5.74) is 1.42. The maximum Gasteiger partial charge on any atom is 0.338 e. The number of hydrogen-bond donors (Lipinski definition) is 1.